The van der Waals surface area contributed by atoms with Crippen LogP contribution in [0.2, 0.25) is 19.6 Å². The molecule has 0 spiro atoms. The molecule has 1 atom stereocenters. The summed E-state index contributed by atoms with van der Waals surface area (Å²) < 4.78 is 0. The minimum Gasteiger partial charge on any atom is -0.388 e. The fourth-order valence-electron chi connectivity index (χ4n) is 0.422. The highest BCUT2D eigenvalue weighted by Crippen LogP contribution is 2.17. The van der Waals surface area contributed by atoms with Crippen LogP contribution in [0.4, 0.5) is 0 Å². The Balaban J connectivity index is 4.43. The Morgan fingerprint density at radius 3 is 2.00 bits per heavy atom. The predicted molar refractivity (Wildman–Crippen MR) is 56.1 cm³/mol. The van der Waals surface area contributed by atoms with E-state index in [9.17, 15) is 5.11 Å². The van der Waals surface area contributed by atoms with E-state index >= 15 is 0 Å². The van der Waals surface area contributed by atoms with Gasteiger partial charge in [0.15, 0.2) is 0 Å². The van der Waals surface area contributed by atoms with Crippen LogP contribution in [-0.2, 0) is 0 Å². The molecule has 0 bridgehead atoms. The Morgan fingerprint density at radius 1 is 1.33 bits per heavy atom. The van der Waals surface area contributed by atoms with Crippen molar-refractivity contribution in [3.8, 4) is 0 Å². The van der Waals surface area contributed by atoms with Gasteiger partial charge in [0.25, 0.3) is 0 Å². The van der Waals surface area contributed by atoms with Gasteiger partial charge in [0.05, 0.1) is 19.5 Å². The third-order valence-electron chi connectivity index (χ3n) is 2.06. The van der Waals surface area contributed by atoms with E-state index in [1.807, 2.05) is 21.0 Å². The lowest BCUT2D eigenvalue weighted by molar-refractivity contribution is 0.209. The number of rotatable bonds is 3. The zero-order valence-electron chi connectivity index (χ0n) is 8.92. The van der Waals surface area contributed by atoms with Crippen molar-refractivity contribution in [3.63, 3.8) is 0 Å². The molecular weight excluding hydrogens is 168 g/mol. The predicted octanol–water partition coefficient (Wildman–Crippen LogP) is 1.16. The Kier molecular flexibility index (Phi) is 3.47. The minimum atomic E-state index is -1.57. The van der Waals surface area contributed by atoms with Crippen molar-refractivity contribution in [2.75, 3.05) is 14.1 Å². The Morgan fingerprint density at radius 2 is 1.75 bits per heavy atom. The third kappa shape index (κ3) is 3.36. The molecule has 1 unspecified atom stereocenters. The zero-order valence-corrected chi connectivity index (χ0v) is 9.92. The number of nitrogens with zero attached hydrogens (tertiary/aromatic N) is 2. The lowest BCUT2D eigenvalue weighted by Crippen LogP contribution is -2.51. The van der Waals surface area contributed by atoms with Crippen LogP contribution in [0.3, 0.4) is 0 Å². The van der Waals surface area contributed by atoms with Gasteiger partial charge in [-0.05, 0) is 6.92 Å². The minimum absolute atomic E-state index is 0.725. The molecule has 12 heavy (non-hydrogen) atoms. The third-order valence-corrected chi connectivity index (χ3v) is 5.22. The highest BCUT2D eigenvalue weighted by molar-refractivity contribution is 6.81. The standard InChI is InChI=1S/C8H20N2OSi/c1-8(11,12(4,5)6)7-9-10(2)3/h7,11H,1-6H3. The molecule has 0 amide bonds. The molecule has 0 saturated carbocycles. The van der Waals surface area contributed by atoms with Crippen molar-refractivity contribution in [1.29, 1.82) is 0 Å². The lowest BCUT2D eigenvalue weighted by atomic mass is 10.4. The van der Waals surface area contributed by atoms with Crippen LogP contribution in [0.25, 0.3) is 0 Å². The lowest BCUT2D eigenvalue weighted by Gasteiger charge is -2.31. The van der Waals surface area contributed by atoms with Crippen LogP contribution >= 0.6 is 0 Å². The van der Waals surface area contributed by atoms with Gasteiger partial charge in [0.2, 0.25) is 0 Å². The number of hydrogen-bond donors (Lipinski definition) is 1. The summed E-state index contributed by atoms with van der Waals surface area (Å²) in [6.45, 7) is 8.18. The summed E-state index contributed by atoms with van der Waals surface area (Å²) >= 11 is 0. The van der Waals surface area contributed by atoms with Crippen molar-refractivity contribution in [3.05, 3.63) is 0 Å². The van der Waals surface area contributed by atoms with Gasteiger partial charge in [0.1, 0.15) is 0 Å². The maximum atomic E-state index is 9.99. The van der Waals surface area contributed by atoms with Gasteiger partial charge in [-0.3, -0.25) is 0 Å². The summed E-state index contributed by atoms with van der Waals surface area (Å²) in [7, 11) is 2.12. The van der Waals surface area contributed by atoms with Gasteiger partial charge in [0, 0.05) is 14.1 Å². The van der Waals surface area contributed by atoms with E-state index in [1.54, 1.807) is 11.2 Å². The van der Waals surface area contributed by atoms with E-state index in [2.05, 4.69) is 24.7 Å². The first-order chi connectivity index (χ1) is 5.17. The molecule has 0 aromatic carbocycles. The average Bonchev–Trinajstić information content (AvgIpc) is 1.81. The summed E-state index contributed by atoms with van der Waals surface area (Å²) in [6.07, 6.45) is 1.64. The van der Waals surface area contributed by atoms with Gasteiger partial charge in [-0.25, -0.2) is 0 Å². The Labute approximate surface area is 76.1 Å². The van der Waals surface area contributed by atoms with Gasteiger partial charge in [-0.15, -0.1) is 0 Å². The molecule has 0 aromatic rings. The van der Waals surface area contributed by atoms with Gasteiger partial charge < -0.3 is 10.1 Å². The largest absolute Gasteiger partial charge is 0.388 e. The summed E-state index contributed by atoms with van der Waals surface area (Å²) in [5.74, 6) is 0. The van der Waals surface area contributed by atoms with Crippen LogP contribution < -0.4 is 0 Å². The van der Waals surface area contributed by atoms with Gasteiger partial charge in [-0.2, -0.15) is 5.10 Å². The Bertz CT molecular complexity index is 170. The van der Waals surface area contributed by atoms with E-state index in [0.717, 1.165) is 0 Å². The van der Waals surface area contributed by atoms with Crippen LogP contribution in [0, 0.1) is 0 Å². The van der Waals surface area contributed by atoms with E-state index in [4.69, 9.17) is 0 Å². The molecule has 0 fully saturated rings. The zero-order chi connectivity index (χ0) is 9.99. The first-order valence-electron chi connectivity index (χ1n) is 4.11. The molecule has 0 aromatic heterocycles. The maximum absolute atomic E-state index is 9.99. The Hall–Kier alpha value is -0.353. The van der Waals surface area contributed by atoms with Crippen molar-refractivity contribution in [2.24, 2.45) is 5.10 Å². The molecule has 0 rings (SSSR count). The first kappa shape index (κ1) is 11.6. The summed E-state index contributed by atoms with van der Waals surface area (Å²) in [5.41, 5.74) is 0. The van der Waals surface area contributed by atoms with Crippen LogP contribution in [0.5, 0.6) is 0 Å². The second kappa shape index (κ2) is 3.58. The van der Waals surface area contributed by atoms with Crippen molar-refractivity contribution in [2.45, 2.75) is 31.8 Å². The van der Waals surface area contributed by atoms with E-state index in [-0.39, 0.29) is 0 Å². The molecule has 0 heterocycles. The SMILES string of the molecule is CN(C)N=CC(C)(O)[Si](C)(C)C. The molecule has 0 saturated heterocycles. The van der Waals surface area contributed by atoms with Crippen LogP contribution in [0.15, 0.2) is 5.10 Å². The van der Waals surface area contributed by atoms with Crippen molar-refractivity contribution >= 4 is 14.3 Å². The maximum Gasteiger partial charge on any atom is 0.0887 e. The van der Waals surface area contributed by atoms with E-state index in [1.165, 1.54) is 0 Å². The van der Waals surface area contributed by atoms with Crippen molar-refractivity contribution in [1.82, 2.24) is 5.01 Å². The van der Waals surface area contributed by atoms with E-state index < -0.39 is 13.3 Å². The molecule has 72 valence electrons. The van der Waals surface area contributed by atoms with Crippen LogP contribution in [-0.4, -0.2) is 43.7 Å². The number of aliphatic hydroxyl groups is 1. The van der Waals surface area contributed by atoms with Gasteiger partial charge in [-0.1, -0.05) is 19.6 Å². The second-order valence-electron chi connectivity index (χ2n) is 4.49. The molecule has 0 radical (unpaired) electrons. The normalized spacial score (nSPS) is 17.9. The smallest absolute Gasteiger partial charge is 0.0887 e. The number of hydrogen-bond acceptors (Lipinski definition) is 3. The fourth-order valence-corrected chi connectivity index (χ4v) is 0.867. The van der Waals surface area contributed by atoms with Crippen molar-refractivity contribution < 1.29 is 5.11 Å². The quantitative estimate of drug-likeness (QED) is 0.410. The second-order valence-corrected chi connectivity index (χ2v) is 10.0. The fraction of sp³-hybridized carbons (Fsp3) is 0.875. The summed E-state index contributed by atoms with van der Waals surface area (Å²) in [6, 6.07) is 0. The molecule has 4 heteroatoms. The average molecular weight is 188 g/mol. The molecule has 0 aliphatic rings. The molecule has 3 nitrogen and oxygen atoms in total. The summed E-state index contributed by atoms with van der Waals surface area (Å²) in [4.78, 5) is 0. The highest BCUT2D eigenvalue weighted by atomic mass is 28.3. The van der Waals surface area contributed by atoms with Gasteiger partial charge >= 0.3 is 0 Å². The highest BCUT2D eigenvalue weighted by Gasteiger charge is 2.35. The monoisotopic (exact) mass is 188 g/mol. The first-order valence-corrected chi connectivity index (χ1v) is 7.61. The molecule has 0 aliphatic carbocycles. The molecule has 1 N–H and O–H groups in total. The number of hydrazone groups is 1. The topological polar surface area (TPSA) is 35.8 Å². The summed E-state index contributed by atoms with van der Waals surface area (Å²) in [5, 5.41) is 15.0. The molecular formula is C8H20N2OSi. The van der Waals surface area contributed by atoms with Crippen LogP contribution in [0.1, 0.15) is 6.92 Å². The van der Waals surface area contributed by atoms with E-state index in [0.29, 0.717) is 0 Å². The molecule has 0 aliphatic heterocycles.